The first kappa shape index (κ1) is 34.6. The third kappa shape index (κ3) is 7.59. The third-order valence-corrected chi connectivity index (χ3v) is 21.2. The average molecular weight is 598 g/mol. The van der Waals surface area contributed by atoms with Gasteiger partial charge in [0.05, 0.1) is 18.3 Å². The highest BCUT2D eigenvalue weighted by atomic mass is 28.4. The van der Waals surface area contributed by atoms with Crippen molar-refractivity contribution in [2.75, 3.05) is 0 Å². The summed E-state index contributed by atoms with van der Waals surface area (Å²) in [6.07, 6.45) is 15.1. The monoisotopic (exact) mass is 597 g/mol. The molecule has 0 bridgehead atoms. The molecule has 3 saturated carbocycles. The summed E-state index contributed by atoms with van der Waals surface area (Å²) in [5.74, 6) is 2.02. The molecule has 0 heterocycles. The Morgan fingerprint density at radius 2 is 1.63 bits per heavy atom. The normalized spacial score (nSPS) is 32.7. The molecule has 0 saturated heterocycles. The number of nitriles is 1. The molecule has 0 amide bonds. The third-order valence-electron chi connectivity index (χ3n) is 12.2. The van der Waals surface area contributed by atoms with Gasteiger partial charge in [0.1, 0.15) is 0 Å². The van der Waals surface area contributed by atoms with E-state index in [4.69, 9.17) is 14.1 Å². The van der Waals surface area contributed by atoms with Gasteiger partial charge in [-0.15, -0.1) is 0 Å². The van der Waals surface area contributed by atoms with Crippen molar-refractivity contribution in [3.63, 3.8) is 0 Å². The van der Waals surface area contributed by atoms with Gasteiger partial charge in [-0.3, -0.25) is 0 Å². The largest absolute Gasteiger partial charge is 0.413 e. The molecule has 0 aromatic heterocycles. The van der Waals surface area contributed by atoms with E-state index in [1.165, 1.54) is 43.3 Å². The fourth-order valence-electron chi connectivity index (χ4n) is 7.47. The molecule has 232 valence electrons. The fourth-order valence-corrected chi connectivity index (χ4v) is 10.1. The van der Waals surface area contributed by atoms with E-state index in [-0.39, 0.29) is 22.3 Å². The zero-order valence-electron chi connectivity index (χ0n) is 28.9. The molecule has 5 heteroatoms. The summed E-state index contributed by atoms with van der Waals surface area (Å²) >= 11 is 0. The Morgan fingerprint density at radius 1 is 1.02 bits per heavy atom. The highest BCUT2D eigenvalue weighted by Crippen LogP contribution is 2.60. The zero-order chi connectivity index (χ0) is 31.0. The standard InChI is InChI=1S/C36H63NO2Si2/c1-26(16-15-23-37)31-20-21-32-28(17-14-22-36(31,32)9)18-19-29-24-30(38-40(10,11)34(3,4)5)25-33(27(29)2)39-41(12,13)35(6,7)8/h18-19,26,30-33H,2,14-17,20-22,24-25H2,1,3-13H3/t26-,30-,31-,32+,33+,36-/m1/s1. The predicted molar refractivity (Wildman–Crippen MR) is 181 cm³/mol. The van der Waals surface area contributed by atoms with E-state index in [9.17, 15) is 0 Å². The van der Waals surface area contributed by atoms with Gasteiger partial charge < -0.3 is 8.85 Å². The quantitative estimate of drug-likeness (QED) is 0.261. The molecule has 3 aliphatic carbocycles. The molecule has 6 atom stereocenters. The van der Waals surface area contributed by atoms with Gasteiger partial charge >= 0.3 is 0 Å². The zero-order valence-corrected chi connectivity index (χ0v) is 30.9. The van der Waals surface area contributed by atoms with Crippen LogP contribution in [0.5, 0.6) is 0 Å². The Kier molecular flexibility index (Phi) is 10.6. The first-order chi connectivity index (χ1) is 18.7. The molecular weight excluding hydrogens is 535 g/mol. The van der Waals surface area contributed by atoms with Crippen LogP contribution in [-0.2, 0) is 8.85 Å². The van der Waals surface area contributed by atoms with Crippen molar-refractivity contribution in [3.05, 3.63) is 35.5 Å². The first-order valence-corrected chi connectivity index (χ1v) is 22.4. The van der Waals surface area contributed by atoms with Gasteiger partial charge in [0.25, 0.3) is 0 Å². The van der Waals surface area contributed by atoms with E-state index in [0.717, 1.165) is 25.2 Å². The minimum Gasteiger partial charge on any atom is -0.413 e. The molecule has 0 unspecified atom stereocenters. The maximum absolute atomic E-state index is 9.17. The molecule has 0 radical (unpaired) electrons. The summed E-state index contributed by atoms with van der Waals surface area (Å²) in [5.41, 5.74) is 4.52. The lowest BCUT2D eigenvalue weighted by Gasteiger charge is -2.46. The maximum Gasteiger partial charge on any atom is 0.192 e. The Bertz CT molecular complexity index is 1050. The summed E-state index contributed by atoms with van der Waals surface area (Å²) in [5, 5.41) is 9.50. The highest BCUT2D eigenvalue weighted by molar-refractivity contribution is 6.74. The number of nitrogens with zero attached hydrogens (tertiary/aromatic N) is 1. The van der Waals surface area contributed by atoms with Crippen LogP contribution in [0.2, 0.25) is 36.3 Å². The van der Waals surface area contributed by atoms with Crippen LogP contribution in [0.3, 0.4) is 0 Å². The minimum absolute atomic E-state index is 0.0255. The van der Waals surface area contributed by atoms with Crippen molar-refractivity contribution in [1.82, 2.24) is 0 Å². The second-order valence-corrected chi connectivity index (χ2v) is 26.5. The summed E-state index contributed by atoms with van der Waals surface area (Å²) in [6.45, 7) is 33.1. The Balaban J connectivity index is 1.91. The van der Waals surface area contributed by atoms with Gasteiger partial charge in [-0.1, -0.05) is 79.7 Å². The Morgan fingerprint density at radius 3 is 2.22 bits per heavy atom. The van der Waals surface area contributed by atoms with Crippen molar-refractivity contribution in [2.45, 2.75) is 162 Å². The SMILES string of the molecule is C=C1C(=CC=C2CCC[C@]3(C)[C@@H]([C@H](C)CCC#N)CC[C@@H]23)C[C@@H](O[Si](C)(C)C(C)(C)C)C[C@@H]1O[Si](C)(C)C(C)(C)C. The molecule has 3 nitrogen and oxygen atoms in total. The molecule has 0 aromatic rings. The molecule has 0 N–H and O–H groups in total. The second-order valence-electron chi connectivity index (χ2n) is 17.0. The predicted octanol–water partition coefficient (Wildman–Crippen LogP) is 11.1. The summed E-state index contributed by atoms with van der Waals surface area (Å²) in [4.78, 5) is 0. The maximum atomic E-state index is 9.17. The Hall–Kier alpha value is -0.936. The number of hydrogen-bond acceptors (Lipinski definition) is 3. The van der Waals surface area contributed by atoms with Crippen LogP contribution in [0.25, 0.3) is 0 Å². The summed E-state index contributed by atoms with van der Waals surface area (Å²) in [7, 11) is -3.88. The van der Waals surface area contributed by atoms with E-state index in [2.05, 4.69) is 106 Å². The second kappa shape index (κ2) is 12.6. The van der Waals surface area contributed by atoms with Crippen molar-refractivity contribution in [3.8, 4) is 6.07 Å². The summed E-state index contributed by atoms with van der Waals surface area (Å²) < 4.78 is 14.1. The number of fused-ring (bicyclic) bond motifs is 1. The summed E-state index contributed by atoms with van der Waals surface area (Å²) in [6, 6.07) is 2.38. The topological polar surface area (TPSA) is 42.2 Å². The van der Waals surface area contributed by atoms with Gasteiger partial charge in [0.15, 0.2) is 16.6 Å². The molecule has 0 aromatic carbocycles. The number of hydrogen-bond donors (Lipinski definition) is 0. The van der Waals surface area contributed by atoms with Crippen molar-refractivity contribution >= 4 is 16.6 Å². The lowest BCUT2D eigenvalue weighted by atomic mass is 9.61. The van der Waals surface area contributed by atoms with Gasteiger partial charge in [0, 0.05) is 12.8 Å². The van der Waals surface area contributed by atoms with Crippen LogP contribution in [0.4, 0.5) is 0 Å². The van der Waals surface area contributed by atoms with Crippen molar-refractivity contribution in [2.24, 2.45) is 23.2 Å². The average Bonchev–Trinajstić information content (AvgIpc) is 3.19. The minimum atomic E-state index is -1.97. The van der Waals surface area contributed by atoms with Crippen LogP contribution < -0.4 is 0 Å². The number of allylic oxidation sites excluding steroid dienone is 3. The van der Waals surface area contributed by atoms with Gasteiger partial charge in [-0.25, -0.2) is 0 Å². The van der Waals surface area contributed by atoms with Gasteiger partial charge in [-0.05, 0) is 116 Å². The first-order valence-electron chi connectivity index (χ1n) is 16.5. The fraction of sp³-hybridized carbons (Fsp3) is 0.806. The molecule has 41 heavy (non-hydrogen) atoms. The molecule has 0 aliphatic heterocycles. The smallest absolute Gasteiger partial charge is 0.192 e. The molecule has 0 spiro atoms. The molecule has 3 rings (SSSR count). The van der Waals surface area contributed by atoms with Crippen LogP contribution >= 0.6 is 0 Å². The lowest BCUT2D eigenvalue weighted by molar-refractivity contribution is 0.0945. The van der Waals surface area contributed by atoms with Gasteiger partial charge in [0.2, 0.25) is 0 Å². The van der Waals surface area contributed by atoms with Crippen LogP contribution in [0, 0.1) is 34.5 Å². The van der Waals surface area contributed by atoms with Gasteiger partial charge in [-0.2, -0.15) is 5.26 Å². The molecule has 3 aliphatic rings. The van der Waals surface area contributed by atoms with Crippen LogP contribution in [0.15, 0.2) is 35.5 Å². The number of rotatable bonds is 8. The highest BCUT2D eigenvalue weighted by Gasteiger charge is 2.50. The van der Waals surface area contributed by atoms with Crippen molar-refractivity contribution in [1.29, 1.82) is 5.26 Å². The Labute approximate surface area is 256 Å². The molecule has 3 fully saturated rings. The van der Waals surface area contributed by atoms with Crippen LogP contribution in [-0.4, -0.2) is 28.8 Å². The van der Waals surface area contributed by atoms with E-state index in [1.807, 2.05) is 0 Å². The lowest BCUT2D eigenvalue weighted by Crippen LogP contribution is -2.49. The van der Waals surface area contributed by atoms with E-state index < -0.39 is 16.6 Å². The van der Waals surface area contributed by atoms with Crippen LogP contribution in [0.1, 0.15) is 113 Å². The van der Waals surface area contributed by atoms with E-state index in [0.29, 0.717) is 23.7 Å². The van der Waals surface area contributed by atoms with Crippen molar-refractivity contribution < 1.29 is 8.85 Å². The molecular formula is C36H63NO2Si2. The van der Waals surface area contributed by atoms with E-state index in [1.54, 1.807) is 5.57 Å². The van der Waals surface area contributed by atoms with E-state index >= 15 is 0 Å².